The fourth-order valence-corrected chi connectivity index (χ4v) is 3.21. The van der Waals surface area contributed by atoms with Gasteiger partial charge >= 0.3 is 5.97 Å². The Kier molecular flexibility index (Phi) is 5.86. The minimum absolute atomic E-state index is 0.119. The number of ether oxygens (including phenoxy) is 2. The highest BCUT2D eigenvalue weighted by molar-refractivity contribution is 5.87. The highest BCUT2D eigenvalue weighted by Gasteiger charge is 2.18. The third-order valence-corrected chi connectivity index (χ3v) is 4.87. The molecule has 2 aromatic carbocycles. The van der Waals surface area contributed by atoms with Crippen LogP contribution < -0.4 is 9.47 Å². The van der Waals surface area contributed by atoms with Crippen LogP contribution in [0.25, 0.3) is 22.4 Å². The third-order valence-electron chi connectivity index (χ3n) is 4.87. The monoisotopic (exact) mass is 426 g/mol. The molecule has 0 fully saturated rings. The first-order valence-electron chi connectivity index (χ1n) is 9.66. The smallest absolute Gasteiger partial charge is 0.335 e. The van der Waals surface area contributed by atoms with Gasteiger partial charge in [0.2, 0.25) is 5.88 Å². The summed E-state index contributed by atoms with van der Waals surface area (Å²) in [6.07, 6.45) is 3.09. The molecule has 0 bridgehead atoms. The SMILES string of the molecule is COc1cccc(-c2cc(-c3ccoc3)c(C#N)c(OCc3ccc(C(=O)O)cc3)n2)c1. The van der Waals surface area contributed by atoms with E-state index in [2.05, 4.69) is 11.1 Å². The predicted molar refractivity (Wildman–Crippen MR) is 116 cm³/mol. The highest BCUT2D eigenvalue weighted by Crippen LogP contribution is 2.34. The molecule has 0 spiro atoms. The largest absolute Gasteiger partial charge is 0.497 e. The van der Waals surface area contributed by atoms with Gasteiger partial charge in [-0.15, -0.1) is 0 Å². The van der Waals surface area contributed by atoms with Crippen LogP contribution in [0.1, 0.15) is 21.5 Å². The molecule has 0 aliphatic heterocycles. The Morgan fingerprint density at radius 2 is 1.94 bits per heavy atom. The maximum atomic E-state index is 11.0. The number of nitriles is 1. The number of rotatable bonds is 7. The second kappa shape index (κ2) is 9.06. The van der Waals surface area contributed by atoms with E-state index in [1.807, 2.05) is 30.3 Å². The number of carbonyl (C=O) groups is 1. The number of methoxy groups -OCH3 is 1. The number of carboxylic acids is 1. The third kappa shape index (κ3) is 4.30. The molecule has 4 aromatic rings. The summed E-state index contributed by atoms with van der Waals surface area (Å²) >= 11 is 0. The Balaban J connectivity index is 1.75. The van der Waals surface area contributed by atoms with Crippen molar-refractivity contribution in [1.29, 1.82) is 5.26 Å². The summed E-state index contributed by atoms with van der Waals surface area (Å²) in [6.45, 7) is 0.119. The van der Waals surface area contributed by atoms with Gasteiger partial charge in [0.05, 0.1) is 30.9 Å². The Bertz CT molecular complexity index is 1290. The molecule has 4 rings (SSSR count). The number of carboxylic acid groups (broad SMARTS) is 1. The van der Waals surface area contributed by atoms with Crippen molar-refractivity contribution in [3.05, 3.63) is 89.9 Å². The van der Waals surface area contributed by atoms with Crippen molar-refractivity contribution in [3.8, 4) is 40.1 Å². The first-order valence-corrected chi connectivity index (χ1v) is 9.66. The standard InChI is InChI=1S/C25H18N2O5/c1-30-20-4-2-3-18(11-20)23-12-21(19-9-10-31-15-19)22(13-26)24(27-23)32-14-16-5-7-17(8-6-16)25(28)29/h2-12,15H,14H2,1H3,(H,28,29). The zero-order chi connectivity index (χ0) is 22.5. The molecule has 158 valence electrons. The summed E-state index contributed by atoms with van der Waals surface area (Å²) in [5.41, 5.74) is 3.98. The van der Waals surface area contributed by atoms with Gasteiger partial charge in [-0.2, -0.15) is 5.26 Å². The topological polar surface area (TPSA) is 106 Å². The van der Waals surface area contributed by atoms with E-state index >= 15 is 0 Å². The van der Waals surface area contributed by atoms with E-state index in [-0.39, 0.29) is 23.6 Å². The second-order valence-corrected chi connectivity index (χ2v) is 6.88. The first kappa shape index (κ1) is 20.7. The van der Waals surface area contributed by atoms with Crippen molar-refractivity contribution in [1.82, 2.24) is 4.98 Å². The molecule has 0 unspecified atom stereocenters. The summed E-state index contributed by atoms with van der Waals surface area (Å²) in [6, 6.07) is 19.5. The summed E-state index contributed by atoms with van der Waals surface area (Å²) in [5.74, 6) is -0.146. The van der Waals surface area contributed by atoms with Crippen molar-refractivity contribution in [2.24, 2.45) is 0 Å². The Morgan fingerprint density at radius 3 is 2.59 bits per heavy atom. The van der Waals surface area contributed by atoms with Crippen LogP contribution in [0, 0.1) is 11.3 Å². The van der Waals surface area contributed by atoms with E-state index in [4.69, 9.17) is 19.0 Å². The number of benzene rings is 2. The van der Waals surface area contributed by atoms with Crippen LogP contribution in [0.2, 0.25) is 0 Å². The van der Waals surface area contributed by atoms with Crippen LogP contribution >= 0.6 is 0 Å². The molecular weight excluding hydrogens is 408 g/mol. The van der Waals surface area contributed by atoms with Crippen LogP contribution in [0.3, 0.4) is 0 Å². The summed E-state index contributed by atoms with van der Waals surface area (Å²) in [7, 11) is 1.59. The fraction of sp³-hybridized carbons (Fsp3) is 0.0800. The van der Waals surface area contributed by atoms with Gasteiger partial charge in [0.1, 0.15) is 24.0 Å². The number of furan rings is 1. The van der Waals surface area contributed by atoms with Crippen molar-refractivity contribution in [2.75, 3.05) is 7.11 Å². The van der Waals surface area contributed by atoms with Gasteiger partial charge in [0.25, 0.3) is 0 Å². The van der Waals surface area contributed by atoms with E-state index in [1.165, 1.54) is 18.4 Å². The van der Waals surface area contributed by atoms with E-state index in [1.54, 1.807) is 31.6 Å². The molecule has 2 aromatic heterocycles. The lowest BCUT2D eigenvalue weighted by molar-refractivity contribution is 0.0697. The molecule has 7 heteroatoms. The van der Waals surface area contributed by atoms with Crippen LogP contribution in [0.4, 0.5) is 0 Å². The van der Waals surface area contributed by atoms with Gasteiger partial charge in [-0.3, -0.25) is 0 Å². The molecule has 32 heavy (non-hydrogen) atoms. The molecule has 0 aliphatic rings. The predicted octanol–water partition coefficient (Wildman–Crippen LogP) is 5.17. The van der Waals surface area contributed by atoms with E-state index in [9.17, 15) is 10.1 Å². The number of nitrogens with zero attached hydrogens (tertiary/aromatic N) is 2. The fourth-order valence-electron chi connectivity index (χ4n) is 3.21. The van der Waals surface area contributed by atoms with Crippen molar-refractivity contribution < 1.29 is 23.8 Å². The number of aromatic nitrogens is 1. The summed E-state index contributed by atoms with van der Waals surface area (Å²) in [5, 5.41) is 18.9. The minimum Gasteiger partial charge on any atom is -0.497 e. The van der Waals surface area contributed by atoms with Crippen molar-refractivity contribution in [2.45, 2.75) is 6.61 Å². The molecular formula is C25H18N2O5. The zero-order valence-corrected chi connectivity index (χ0v) is 17.1. The van der Waals surface area contributed by atoms with Gasteiger partial charge in [0, 0.05) is 16.7 Å². The summed E-state index contributed by atoms with van der Waals surface area (Å²) in [4.78, 5) is 15.6. The van der Waals surface area contributed by atoms with E-state index < -0.39 is 5.97 Å². The van der Waals surface area contributed by atoms with Crippen molar-refractivity contribution >= 4 is 5.97 Å². The molecule has 7 nitrogen and oxygen atoms in total. The average Bonchev–Trinajstić information content (AvgIpc) is 3.37. The molecule has 0 atom stereocenters. The Hall–Kier alpha value is -4.57. The normalized spacial score (nSPS) is 10.4. The molecule has 1 N–H and O–H groups in total. The summed E-state index contributed by atoms with van der Waals surface area (Å²) < 4.78 is 16.5. The lowest BCUT2D eigenvalue weighted by Crippen LogP contribution is -2.03. The molecule has 0 saturated carbocycles. The second-order valence-electron chi connectivity index (χ2n) is 6.88. The first-order chi connectivity index (χ1) is 15.6. The van der Waals surface area contributed by atoms with E-state index in [0.717, 1.165) is 16.7 Å². The van der Waals surface area contributed by atoms with Gasteiger partial charge < -0.3 is 19.0 Å². The van der Waals surface area contributed by atoms with Crippen LogP contribution in [-0.4, -0.2) is 23.2 Å². The van der Waals surface area contributed by atoms with Crippen LogP contribution in [-0.2, 0) is 6.61 Å². The Morgan fingerprint density at radius 1 is 1.12 bits per heavy atom. The Labute approximate surface area is 184 Å². The number of aromatic carboxylic acids is 1. The maximum absolute atomic E-state index is 11.0. The van der Waals surface area contributed by atoms with Gasteiger partial charge in [-0.25, -0.2) is 9.78 Å². The van der Waals surface area contributed by atoms with Crippen LogP contribution in [0.15, 0.2) is 77.6 Å². The van der Waals surface area contributed by atoms with Gasteiger partial charge in [-0.1, -0.05) is 24.3 Å². The van der Waals surface area contributed by atoms with Gasteiger partial charge in [-0.05, 0) is 42.0 Å². The zero-order valence-electron chi connectivity index (χ0n) is 17.1. The van der Waals surface area contributed by atoms with Crippen molar-refractivity contribution in [3.63, 3.8) is 0 Å². The quantitative estimate of drug-likeness (QED) is 0.435. The van der Waals surface area contributed by atoms with Crippen LogP contribution in [0.5, 0.6) is 11.6 Å². The lowest BCUT2D eigenvalue weighted by atomic mass is 10.0. The molecule has 0 saturated heterocycles. The number of pyridine rings is 1. The minimum atomic E-state index is -0.998. The molecule has 0 amide bonds. The lowest BCUT2D eigenvalue weighted by Gasteiger charge is -2.13. The molecule has 0 radical (unpaired) electrons. The van der Waals surface area contributed by atoms with E-state index in [0.29, 0.717) is 17.0 Å². The average molecular weight is 426 g/mol. The maximum Gasteiger partial charge on any atom is 0.335 e. The van der Waals surface area contributed by atoms with Gasteiger partial charge in [0.15, 0.2) is 0 Å². The molecule has 0 aliphatic carbocycles. The molecule has 2 heterocycles. The number of hydrogen-bond acceptors (Lipinski definition) is 6. The highest BCUT2D eigenvalue weighted by atomic mass is 16.5. The number of hydrogen-bond donors (Lipinski definition) is 1.